The van der Waals surface area contributed by atoms with E-state index in [0.717, 1.165) is 6.54 Å². The van der Waals surface area contributed by atoms with Crippen molar-refractivity contribution in [2.75, 3.05) is 6.54 Å². The summed E-state index contributed by atoms with van der Waals surface area (Å²) in [4.78, 5) is 0. The van der Waals surface area contributed by atoms with Gasteiger partial charge in [-0.2, -0.15) is 0 Å². The Hall–Kier alpha value is -0.500. The average molecular weight is 166 g/mol. The van der Waals surface area contributed by atoms with E-state index < -0.39 is 0 Å². The van der Waals surface area contributed by atoms with Gasteiger partial charge in [-0.15, -0.1) is 0 Å². The summed E-state index contributed by atoms with van der Waals surface area (Å²) in [7, 11) is 0. The van der Waals surface area contributed by atoms with Crippen LogP contribution in [0.25, 0.3) is 0 Å². The van der Waals surface area contributed by atoms with Crippen molar-refractivity contribution in [1.29, 1.82) is 0 Å². The van der Waals surface area contributed by atoms with Crippen molar-refractivity contribution < 1.29 is 0 Å². The Morgan fingerprint density at radius 2 is 2.08 bits per heavy atom. The third-order valence-corrected chi connectivity index (χ3v) is 3.29. The maximum absolute atomic E-state index is 6.07. The van der Waals surface area contributed by atoms with Crippen molar-refractivity contribution in [2.24, 2.45) is 11.7 Å². The molecule has 1 heterocycles. The van der Waals surface area contributed by atoms with Gasteiger partial charge in [0.05, 0.1) is 0 Å². The highest BCUT2D eigenvalue weighted by molar-refractivity contribution is 5.19. The number of hydrogen-bond acceptors (Lipinski definition) is 2. The molecule has 0 aromatic rings. The van der Waals surface area contributed by atoms with E-state index in [2.05, 4.69) is 12.2 Å². The quantitative estimate of drug-likeness (QED) is 0.570. The highest BCUT2D eigenvalue weighted by Crippen LogP contribution is 2.31. The van der Waals surface area contributed by atoms with Crippen LogP contribution in [0.2, 0.25) is 0 Å². The summed E-state index contributed by atoms with van der Waals surface area (Å²) in [6.45, 7) is 3.15. The van der Waals surface area contributed by atoms with E-state index in [1.165, 1.54) is 37.0 Å². The monoisotopic (exact) mass is 166 g/mol. The Morgan fingerprint density at radius 1 is 1.33 bits per heavy atom. The summed E-state index contributed by atoms with van der Waals surface area (Å²) in [5.74, 6) is 0.646. The molecule has 1 aliphatic carbocycles. The average Bonchev–Trinajstić information content (AvgIpc) is 2.12. The molecule has 2 nitrogen and oxygen atoms in total. The Bertz CT molecular complexity index is 208. The molecule has 1 saturated carbocycles. The zero-order valence-electron chi connectivity index (χ0n) is 7.77. The molecule has 0 aromatic carbocycles. The predicted molar refractivity (Wildman–Crippen MR) is 50.6 cm³/mol. The van der Waals surface area contributed by atoms with E-state index in [9.17, 15) is 0 Å². The van der Waals surface area contributed by atoms with Gasteiger partial charge in [0, 0.05) is 24.2 Å². The number of fused-ring (bicyclic) bond motifs is 1. The van der Waals surface area contributed by atoms with Crippen molar-refractivity contribution >= 4 is 0 Å². The lowest BCUT2D eigenvalue weighted by Crippen LogP contribution is -2.46. The Labute approximate surface area is 74.2 Å². The molecule has 68 valence electrons. The molecular weight excluding hydrogens is 148 g/mol. The topological polar surface area (TPSA) is 38.0 Å². The van der Waals surface area contributed by atoms with Crippen LogP contribution in [-0.2, 0) is 0 Å². The second-order valence-electron chi connectivity index (χ2n) is 4.11. The SMILES string of the molecule is CC1=C(N)C2CCCCC2NC1. The number of nitrogens with two attached hydrogens (primary N) is 1. The highest BCUT2D eigenvalue weighted by Gasteiger charge is 2.30. The maximum Gasteiger partial charge on any atom is 0.0184 e. The van der Waals surface area contributed by atoms with Gasteiger partial charge in [0.25, 0.3) is 0 Å². The summed E-state index contributed by atoms with van der Waals surface area (Å²) >= 11 is 0. The Balaban J connectivity index is 2.17. The molecule has 0 saturated heterocycles. The van der Waals surface area contributed by atoms with E-state index in [-0.39, 0.29) is 0 Å². The molecule has 0 amide bonds. The van der Waals surface area contributed by atoms with Crippen LogP contribution in [0.5, 0.6) is 0 Å². The van der Waals surface area contributed by atoms with Crippen molar-refractivity contribution in [2.45, 2.75) is 38.6 Å². The Morgan fingerprint density at radius 3 is 2.92 bits per heavy atom. The first-order chi connectivity index (χ1) is 5.79. The molecule has 0 bridgehead atoms. The van der Waals surface area contributed by atoms with Gasteiger partial charge in [0.2, 0.25) is 0 Å². The fourth-order valence-electron chi connectivity index (χ4n) is 2.45. The molecule has 2 unspecified atom stereocenters. The van der Waals surface area contributed by atoms with E-state index in [0.29, 0.717) is 12.0 Å². The lowest BCUT2D eigenvalue weighted by molar-refractivity contribution is 0.283. The molecule has 1 aliphatic heterocycles. The normalized spacial score (nSPS) is 36.4. The zero-order valence-corrected chi connectivity index (χ0v) is 7.77. The number of hydrogen-bond donors (Lipinski definition) is 2. The van der Waals surface area contributed by atoms with E-state index in [1.54, 1.807) is 0 Å². The van der Waals surface area contributed by atoms with E-state index in [4.69, 9.17) is 5.73 Å². The molecular formula is C10H18N2. The fraction of sp³-hybridized carbons (Fsp3) is 0.800. The third-order valence-electron chi connectivity index (χ3n) is 3.29. The molecule has 1 fully saturated rings. The molecule has 2 aliphatic rings. The van der Waals surface area contributed by atoms with Gasteiger partial charge >= 0.3 is 0 Å². The largest absolute Gasteiger partial charge is 0.402 e. The lowest BCUT2D eigenvalue weighted by atomic mass is 9.79. The van der Waals surface area contributed by atoms with Gasteiger partial charge in [-0.3, -0.25) is 0 Å². The molecule has 0 radical (unpaired) electrons. The summed E-state index contributed by atoms with van der Waals surface area (Å²) < 4.78 is 0. The first kappa shape index (κ1) is 8.11. The van der Waals surface area contributed by atoms with Crippen LogP contribution in [0, 0.1) is 5.92 Å². The first-order valence-corrected chi connectivity index (χ1v) is 4.97. The molecule has 0 aromatic heterocycles. The van der Waals surface area contributed by atoms with E-state index >= 15 is 0 Å². The maximum atomic E-state index is 6.07. The smallest absolute Gasteiger partial charge is 0.0184 e. The van der Waals surface area contributed by atoms with Gasteiger partial charge in [-0.05, 0) is 25.3 Å². The van der Waals surface area contributed by atoms with Crippen molar-refractivity contribution in [3.05, 3.63) is 11.3 Å². The first-order valence-electron chi connectivity index (χ1n) is 4.97. The minimum atomic E-state index is 0.646. The number of nitrogens with one attached hydrogen (secondary N) is 1. The molecule has 2 atom stereocenters. The van der Waals surface area contributed by atoms with Gasteiger partial charge in [-0.1, -0.05) is 12.8 Å². The summed E-state index contributed by atoms with van der Waals surface area (Å²) in [6, 6.07) is 0.683. The van der Waals surface area contributed by atoms with Crippen LogP contribution in [0.1, 0.15) is 32.6 Å². The molecule has 12 heavy (non-hydrogen) atoms. The van der Waals surface area contributed by atoms with Crippen LogP contribution < -0.4 is 11.1 Å². The van der Waals surface area contributed by atoms with Gasteiger partial charge in [-0.25, -0.2) is 0 Å². The van der Waals surface area contributed by atoms with Crippen LogP contribution >= 0.6 is 0 Å². The standard InChI is InChI=1S/C10H18N2/c1-7-6-12-9-5-3-2-4-8(9)10(7)11/h8-9,12H,2-6,11H2,1H3. The molecule has 2 rings (SSSR count). The highest BCUT2D eigenvalue weighted by atomic mass is 14.9. The Kier molecular flexibility index (Phi) is 2.09. The predicted octanol–water partition coefficient (Wildman–Crippen LogP) is 1.38. The van der Waals surface area contributed by atoms with Crippen LogP contribution in [0.4, 0.5) is 0 Å². The molecule has 2 heteroatoms. The fourth-order valence-corrected chi connectivity index (χ4v) is 2.45. The van der Waals surface area contributed by atoms with Gasteiger partial charge in [0.1, 0.15) is 0 Å². The molecule has 3 N–H and O–H groups in total. The second kappa shape index (κ2) is 3.09. The van der Waals surface area contributed by atoms with Gasteiger partial charge < -0.3 is 11.1 Å². The minimum absolute atomic E-state index is 0.646. The summed E-state index contributed by atoms with van der Waals surface area (Å²) in [6.07, 6.45) is 5.34. The van der Waals surface area contributed by atoms with Gasteiger partial charge in [0.15, 0.2) is 0 Å². The van der Waals surface area contributed by atoms with Crippen molar-refractivity contribution in [1.82, 2.24) is 5.32 Å². The second-order valence-corrected chi connectivity index (χ2v) is 4.11. The summed E-state index contributed by atoms with van der Waals surface area (Å²) in [5, 5.41) is 3.56. The van der Waals surface area contributed by atoms with Crippen LogP contribution in [-0.4, -0.2) is 12.6 Å². The van der Waals surface area contributed by atoms with E-state index in [1.807, 2.05) is 0 Å². The van der Waals surface area contributed by atoms with Crippen LogP contribution in [0.3, 0.4) is 0 Å². The lowest BCUT2D eigenvalue weighted by Gasteiger charge is -2.37. The minimum Gasteiger partial charge on any atom is -0.402 e. The summed E-state index contributed by atoms with van der Waals surface area (Å²) in [5.41, 5.74) is 8.61. The molecule has 0 spiro atoms. The number of rotatable bonds is 0. The third kappa shape index (κ3) is 1.24. The van der Waals surface area contributed by atoms with Crippen molar-refractivity contribution in [3.63, 3.8) is 0 Å². The zero-order chi connectivity index (χ0) is 8.55. The van der Waals surface area contributed by atoms with Crippen LogP contribution in [0.15, 0.2) is 11.3 Å². The van der Waals surface area contributed by atoms with Crippen molar-refractivity contribution in [3.8, 4) is 0 Å².